The summed E-state index contributed by atoms with van der Waals surface area (Å²) in [5, 5.41) is 24.4. The Bertz CT molecular complexity index is 602. The average Bonchev–Trinajstić information content (AvgIpc) is 2.45. The number of carbonyl (C=O) groups excluding carboxylic acids is 1. The Morgan fingerprint density at radius 1 is 1.30 bits per heavy atom. The van der Waals surface area contributed by atoms with Gasteiger partial charge in [0.05, 0.1) is 6.10 Å². The number of aliphatic hydroxyl groups is 1. The van der Waals surface area contributed by atoms with Crippen LogP contribution in [-0.4, -0.2) is 17.6 Å². The Balaban J connectivity index is 1.97. The molecule has 0 aliphatic rings. The average molecular weight is 293 g/mol. The first-order chi connectivity index (χ1) is 9.58. The van der Waals surface area contributed by atoms with Crippen LogP contribution in [0.25, 0.3) is 0 Å². The van der Waals surface area contributed by atoms with Crippen molar-refractivity contribution in [3.05, 3.63) is 70.1 Å². The van der Waals surface area contributed by atoms with Gasteiger partial charge in [0.2, 0.25) is 0 Å². The molecule has 0 radical (unpaired) electrons. The third kappa shape index (κ3) is 3.46. The highest BCUT2D eigenvalue weighted by atomic mass is 35.5. The first-order valence-electron chi connectivity index (χ1n) is 5.98. The summed E-state index contributed by atoms with van der Waals surface area (Å²) in [6.07, 6.45) is 0.380. The molecule has 0 bridgehead atoms. The zero-order valence-electron chi connectivity index (χ0n) is 10.5. The number of hydrogen-bond acceptors (Lipinski definition) is 3. The molecule has 0 unspecified atom stereocenters. The van der Waals surface area contributed by atoms with Gasteiger partial charge in [-0.1, -0.05) is 23.7 Å². The van der Waals surface area contributed by atoms with Crippen molar-refractivity contribution in [3.63, 3.8) is 0 Å². The van der Waals surface area contributed by atoms with Crippen molar-refractivity contribution in [1.29, 1.82) is 0 Å². The maximum atomic E-state index is 11.8. The van der Waals surface area contributed by atoms with Crippen molar-refractivity contribution in [2.24, 2.45) is 0 Å². The van der Waals surface area contributed by atoms with Crippen molar-refractivity contribution in [2.45, 2.75) is 6.10 Å². The molecule has 2 rings (SSSR count). The Labute approximate surface area is 121 Å². The van der Waals surface area contributed by atoms with Gasteiger partial charge in [-0.25, -0.2) is 0 Å². The van der Waals surface area contributed by atoms with Crippen LogP contribution in [0, 0.1) is 5.21 Å². The van der Waals surface area contributed by atoms with Crippen LogP contribution in [0.3, 0.4) is 0 Å². The van der Waals surface area contributed by atoms with E-state index in [1.165, 1.54) is 18.3 Å². The molecule has 104 valence electrons. The van der Waals surface area contributed by atoms with E-state index in [0.717, 1.165) is 0 Å². The van der Waals surface area contributed by atoms with Crippen molar-refractivity contribution in [2.75, 3.05) is 6.54 Å². The number of aromatic nitrogens is 1. The fourth-order valence-electron chi connectivity index (χ4n) is 1.69. The molecule has 5 nitrogen and oxygen atoms in total. The first-order valence-corrected chi connectivity index (χ1v) is 6.35. The van der Waals surface area contributed by atoms with Crippen LogP contribution in [0.5, 0.6) is 0 Å². The summed E-state index contributed by atoms with van der Waals surface area (Å²) in [7, 11) is 0. The third-order valence-corrected chi connectivity index (χ3v) is 3.02. The zero-order valence-corrected chi connectivity index (χ0v) is 11.2. The third-order valence-electron chi connectivity index (χ3n) is 2.77. The standard InChI is InChI=1S/C14H13ClN2O3/c15-11-6-4-10(5-7-11)13(18)9-16-14(19)12-3-1-2-8-17(12)20/h1-8,13,18H,9H2,(H,16,19)/t13-/m1/s1. The largest absolute Gasteiger partial charge is 0.618 e. The Morgan fingerprint density at radius 3 is 2.65 bits per heavy atom. The first kappa shape index (κ1) is 14.3. The zero-order chi connectivity index (χ0) is 14.5. The summed E-state index contributed by atoms with van der Waals surface area (Å²) in [5.41, 5.74) is 0.619. The molecule has 0 aliphatic heterocycles. The second-order valence-corrected chi connectivity index (χ2v) is 4.63. The fourth-order valence-corrected chi connectivity index (χ4v) is 1.81. The highest BCUT2D eigenvalue weighted by molar-refractivity contribution is 6.30. The maximum Gasteiger partial charge on any atom is 0.317 e. The van der Waals surface area contributed by atoms with Crippen molar-refractivity contribution >= 4 is 17.5 Å². The molecule has 1 aromatic carbocycles. The second kappa shape index (κ2) is 6.36. The monoisotopic (exact) mass is 292 g/mol. The molecular formula is C14H13ClN2O3. The van der Waals surface area contributed by atoms with Crippen molar-refractivity contribution in [1.82, 2.24) is 5.32 Å². The van der Waals surface area contributed by atoms with E-state index in [4.69, 9.17) is 11.6 Å². The van der Waals surface area contributed by atoms with E-state index in [1.807, 2.05) is 0 Å². The number of nitrogens with zero attached hydrogens (tertiary/aromatic N) is 1. The molecule has 1 aromatic heterocycles. The molecule has 1 atom stereocenters. The number of halogens is 1. The minimum atomic E-state index is -0.861. The van der Waals surface area contributed by atoms with Gasteiger partial charge < -0.3 is 15.6 Å². The summed E-state index contributed by atoms with van der Waals surface area (Å²) < 4.78 is 0.476. The van der Waals surface area contributed by atoms with Gasteiger partial charge in [0.1, 0.15) is 0 Å². The van der Waals surface area contributed by atoms with E-state index in [-0.39, 0.29) is 12.2 Å². The summed E-state index contributed by atoms with van der Waals surface area (Å²) >= 11 is 5.75. The fraction of sp³-hybridized carbons (Fsp3) is 0.143. The van der Waals surface area contributed by atoms with Gasteiger partial charge >= 0.3 is 5.91 Å². The Morgan fingerprint density at radius 2 is 2.00 bits per heavy atom. The highest BCUT2D eigenvalue weighted by Gasteiger charge is 2.16. The van der Waals surface area contributed by atoms with Gasteiger partial charge in [-0.2, -0.15) is 4.73 Å². The van der Waals surface area contributed by atoms with E-state index >= 15 is 0 Å². The van der Waals surface area contributed by atoms with Crippen LogP contribution in [0.4, 0.5) is 0 Å². The minimum Gasteiger partial charge on any atom is -0.618 e. The molecular weight excluding hydrogens is 280 g/mol. The van der Waals surface area contributed by atoms with Crippen LogP contribution in [-0.2, 0) is 0 Å². The number of rotatable bonds is 4. The summed E-state index contributed by atoms with van der Waals surface area (Å²) in [5.74, 6) is -0.534. The highest BCUT2D eigenvalue weighted by Crippen LogP contribution is 2.15. The molecule has 2 N–H and O–H groups in total. The number of aliphatic hydroxyl groups excluding tert-OH is 1. The number of nitrogens with one attached hydrogen (secondary N) is 1. The molecule has 1 heterocycles. The maximum absolute atomic E-state index is 11.8. The quantitative estimate of drug-likeness (QED) is 0.661. The molecule has 20 heavy (non-hydrogen) atoms. The predicted octanol–water partition coefficient (Wildman–Crippen LogP) is 1.44. The van der Waals surface area contributed by atoms with Gasteiger partial charge in [0.15, 0.2) is 6.20 Å². The van der Waals surface area contributed by atoms with E-state index in [0.29, 0.717) is 15.3 Å². The lowest BCUT2D eigenvalue weighted by Gasteiger charge is -2.12. The molecule has 1 amide bonds. The number of hydrogen-bond donors (Lipinski definition) is 2. The van der Waals surface area contributed by atoms with E-state index in [1.54, 1.807) is 30.3 Å². The minimum absolute atomic E-state index is 0.00929. The van der Waals surface area contributed by atoms with Crippen LogP contribution >= 0.6 is 11.6 Å². The summed E-state index contributed by atoms with van der Waals surface area (Å²) in [6, 6.07) is 11.2. The predicted molar refractivity (Wildman–Crippen MR) is 74.1 cm³/mol. The molecule has 0 spiro atoms. The SMILES string of the molecule is O=C(NC[C@@H](O)c1ccc(Cl)cc1)c1cccc[n+]1[O-]. The summed E-state index contributed by atoms with van der Waals surface area (Å²) in [6.45, 7) is 0.00929. The topological polar surface area (TPSA) is 76.3 Å². The van der Waals surface area contributed by atoms with Crippen molar-refractivity contribution < 1.29 is 14.6 Å². The lowest BCUT2D eigenvalue weighted by atomic mass is 10.1. The van der Waals surface area contributed by atoms with E-state index in [2.05, 4.69) is 5.32 Å². The lowest BCUT2D eigenvalue weighted by molar-refractivity contribution is -0.607. The van der Waals surface area contributed by atoms with Gasteiger partial charge in [0, 0.05) is 23.7 Å². The number of pyridine rings is 1. The van der Waals surface area contributed by atoms with Gasteiger partial charge in [0.25, 0.3) is 5.69 Å². The molecule has 0 aliphatic carbocycles. The van der Waals surface area contributed by atoms with Crippen LogP contribution < -0.4 is 10.0 Å². The van der Waals surface area contributed by atoms with E-state index in [9.17, 15) is 15.1 Å². The molecule has 2 aromatic rings. The smallest absolute Gasteiger partial charge is 0.317 e. The second-order valence-electron chi connectivity index (χ2n) is 4.19. The van der Waals surface area contributed by atoms with Crippen LogP contribution in [0.15, 0.2) is 48.7 Å². The lowest BCUT2D eigenvalue weighted by Crippen LogP contribution is -2.40. The van der Waals surface area contributed by atoms with Gasteiger partial charge in [-0.15, -0.1) is 0 Å². The molecule has 0 fully saturated rings. The normalized spacial score (nSPS) is 11.9. The summed E-state index contributed by atoms with van der Waals surface area (Å²) in [4.78, 5) is 11.8. The van der Waals surface area contributed by atoms with Crippen molar-refractivity contribution in [3.8, 4) is 0 Å². The number of amides is 1. The molecule has 0 saturated heterocycles. The van der Waals surface area contributed by atoms with Gasteiger partial charge in [-0.3, -0.25) is 4.79 Å². The Kier molecular flexibility index (Phi) is 4.55. The Hall–Kier alpha value is -2.11. The number of benzene rings is 1. The van der Waals surface area contributed by atoms with Gasteiger partial charge in [-0.05, 0) is 23.8 Å². The van der Waals surface area contributed by atoms with E-state index < -0.39 is 12.0 Å². The molecule has 0 saturated carbocycles. The molecule has 6 heteroatoms. The van der Waals surface area contributed by atoms with Crippen LogP contribution in [0.2, 0.25) is 5.02 Å². The number of carbonyl (C=O) groups is 1. The van der Waals surface area contributed by atoms with Crippen LogP contribution in [0.1, 0.15) is 22.2 Å².